The molecule has 0 heterocycles. The highest BCUT2D eigenvalue weighted by atomic mass is 32.2. The Labute approximate surface area is 169 Å². The maximum atomic E-state index is 13.0. The van der Waals surface area contributed by atoms with Crippen molar-refractivity contribution in [2.45, 2.75) is 44.1 Å². The zero-order valence-corrected chi connectivity index (χ0v) is 18.0. The Balaban J connectivity index is 3.06. The lowest BCUT2D eigenvalue weighted by atomic mass is 10.1. The van der Waals surface area contributed by atoms with E-state index in [4.69, 9.17) is 8.92 Å². The smallest absolute Gasteiger partial charge is 0.307 e. The molecule has 0 spiro atoms. The molecule has 0 aliphatic carbocycles. The summed E-state index contributed by atoms with van der Waals surface area (Å²) in [5.74, 6) is -0.541. The number of esters is 1. The zero-order valence-electron chi connectivity index (χ0n) is 16.4. The molecule has 0 aliphatic rings. The van der Waals surface area contributed by atoms with Crippen molar-refractivity contribution >= 4 is 33.7 Å². The molecule has 0 unspecified atom stereocenters. The van der Waals surface area contributed by atoms with Crippen LogP contribution < -0.4 is 0 Å². The van der Waals surface area contributed by atoms with Gasteiger partial charge in [-0.15, -0.1) is 0 Å². The summed E-state index contributed by atoms with van der Waals surface area (Å²) in [6.07, 6.45) is 2.12. The van der Waals surface area contributed by atoms with Gasteiger partial charge < -0.3 is 8.92 Å². The Morgan fingerprint density at radius 3 is 2.50 bits per heavy atom. The summed E-state index contributed by atoms with van der Waals surface area (Å²) in [6, 6.07) is 5.10. The average Bonchev–Trinajstić information content (AvgIpc) is 2.63. The monoisotopic (exact) mass is 434 g/mol. The predicted molar refractivity (Wildman–Crippen MR) is 106 cm³/mol. The van der Waals surface area contributed by atoms with Crippen LogP contribution >= 0.6 is 12.0 Å². The molecule has 0 amide bonds. The fourth-order valence-electron chi connectivity index (χ4n) is 2.19. The van der Waals surface area contributed by atoms with E-state index < -0.39 is 37.1 Å². The molecule has 0 radical (unpaired) electrons. The van der Waals surface area contributed by atoms with Crippen molar-refractivity contribution in [2.75, 3.05) is 26.0 Å². The molecule has 0 N–H and O–H groups in total. The summed E-state index contributed by atoms with van der Waals surface area (Å²) >= 11 is 1.07. The molecule has 158 valence electrons. The van der Waals surface area contributed by atoms with Gasteiger partial charge >= 0.3 is 5.97 Å². The summed E-state index contributed by atoms with van der Waals surface area (Å²) in [5.41, 5.74) is -1.17. The van der Waals surface area contributed by atoms with Crippen molar-refractivity contribution < 1.29 is 27.1 Å². The number of nitro benzene ring substituents is 1. The van der Waals surface area contributed by atoms with Gasteiger partial charge in [0.2, 0.25) is 10.0 Å². The van der Waals surface area contributed by atoms with Crippen LogP contribution in [0.1, 0.15) is 33.6 Å². The molecular formula is C17H26N2O7S2. The lowest BCUT2D eigenvalue weighted by Gasteiger charge is -2.25. The third kappa shape index (κ3) is 7.04. The third-order valence-electron chi connectivity index (χ3n) is 4.03. The van der Waals surface area contributed by atoms with Crippen LogP contribution in [0.2, 0.25) is 0 Å². The van der Waals surface area contributed by atoms with Gasteiger partial charge in [-0.2, -0.15) is 4.31 Å². The molecule has 1 aromatic rings. The summed E-state index contributed by atoms with van der Waals surface area (Å²) in [7, 11) is -4.21. The normalized spacial score (nSPS) is 12.2. The lowest BCUT2D eigenvalue weighted by Crippen LogP contribution is -2.37. The number of nitro groups is 1. The first kappa shape index (κ1) is 24.3. The number of rotatable bonds is 12. The van der Waals surface area contributed by atoms with Gasteiger partial charge in [0.15, 0.2) is 4.90 Å². The SMILES string of the molecule is CCC(C)(C)OC(=O)CCN(CCOSC)S(=O)(=O)c1ccccc1[N+](=O)[O-]. The number of nitrogens with zero attached hydrogens (tertiary/aromatic N) is 2. The molecule has 0 atom stereocenters. The van der Waals surface area contributed by atoms with Crippen LogP contribution in [-0.2, 0) is 23.7 Å². The Bertz CT molecular complexity index is 781. The zero-order chi connectivity index (χ0) is 21.4. The fourth-order valence-corrected chi connectivity index (χ4v) is 4.01. The Kier molecular flexibility index (Phi) is 9.34. The van der Waals surface area contributed by atoms with Gasteiger partial charge in [0.05, 0.1) is 18.0 Å². The van der Waals surface area contributed by atoms with E-state index in [0.717, 1.165) is 22.4 Å². The third-order valence-corrected chi connectivity index (χ3v) is 6.38. The first-order valence-corrected chi connectivity index (χ1v) is 11.2. The van der Waals surface area contributed by atoms with Crippen molar-refractivity contribution in [3.05, 3.63) is 34.4 Å². The van der Waals surface area contributed by atoms with E-state index in [1.54, 1.807) is 20.1 Å². The molecule has 28 heavy (non-hydrogen) atoms. The van der Waals surface area contributed by atoms with Gasteiger partial charge in [0.1, 0.15) is 5.60 Å². The highest BCUT2D eigenvalue weighted by Crippen LogP contribution is 2.26. The molecule has 0 saturated heterocycles. The van der Waals surface area contributed by atoms with E-state index in [-0.39, 0.29) is 26.1 Å². The maximum absolute atomic E-state index is 13.0. The summed E-state index contributed by atoms with van der Waals surface area (Å²) in [4.78, 5) is 22.2. The Hall–Kier alpha value is -1.69. The first-order chi connectivity index (χ1) is 13.0. The summed E-state index contributed by atoms with van der Waals surface area (Å²) in [5, 5.41) is 11.2. The van der Waals surface area contributed by atoms with Crippen LogP contribution in [0.15, 0.2) is 29.2 Å². The number of ether oxygens (including phenoxy) is 1. The van der Waals surface area contributed by atoms with Gasteiger partial charge in [-0.1, -0.05) is 19.1 Å². The van der Waals surface area contributed by atoms with Crippen LogP contribution in [0, 0.1) is 10.1 Å². The summed E-state index contributed by atoms with van der Waals surface area (Å²) in [6.45, 7) is 5.23. The fraction of sp³-hybridized carbons (Fsp3) is 0.588. The minimum absolute atomic E-state index is 0.0559. The molecule has 1 aromatic carbocycles. The first-order valence-electron chi connectivity index (χ1n) is 8.66. The number of carbonyl (C=O) groups is 1. The van der Waals surface area contributed by atoms with E-state index in [0.29, 0.717) is 6.42 Å². The van der Waals surface area contributed by atoms with Crippen LogP contribution in [0.3, 0.4) is 0 Å². The van der Waals surface area contributed by atoms with Crippen LogP contribution in [0.25, 0.3) is 0 Å². The topological polar surface area (TPSA) is 116 Å². The Morgan fingerprint density at radius 1 is 1.29 bits per heavy atom. The number of benzene rings is 1. The molecule has 0 saturated carbocycles. The minimum Gasteiger partial charge on any atom is -0.460 e. The summed E-state index contributed by atoms with van der Waals surface area (Å²) < 4.78 is 37.5. The second-order valence-corrected chi connectivity index (χ2v) is 8.93. The van der Waals surface area contributed by atoms with E-state index in [1.165, 1.54) is 18.2 Å². The van der Waals surface area contributed by atoms with E-state index >= 15 is 0 Å². The maximum Gasteiger partial charge on any atom is 0.307 e. The quantitative estimate of drug-likeness (QED) is 0.162. The van der Waals surface area contributed by atoms with Crippen molar-refractivity contribution in [3.63, 3.8) is 0 Å². The van der Waals surface area contributed by atoms with Crippen LogP contribution in [-0.4, -0.2) is 55.2 Å². The standard InChI is InChI=1S/C17H26N2O7S2/c1-5-17(2,3)26-16(20)10-11-18(12-13-25-27-4)28(23,24)15-9-7-6-8-14(15)19(21)22/h6-9H,5,10-13H2,1-4H3. The van der Waals surface area contributed by atoms with Crippen molar-refractivity contribution in [2.24, 2.45) is 0 Å². The molecule has 9 nitrogen and oxygen atoms in total. The highest BCUT2D eigenvalue weighted by molar-refractivity contribution is 7.93. The van der Waals surface area contributed by atoms with Gasteiger partial charge in [-0.25, -0.2) is 8.42 Å². The van der Waals surface area contributed by atoms with Gasteiger partial charge in [-0.05, 0) is 38.4 Å². The molecule has 0 aromatic heterocycles. The molecular weight excluding hydrogens is 408 g/mol. The number of para-hydroxylation sites is 1. The number of hydrogen-bond donors (Lipinski definition) is 0. The number of sulfonamides is 1. The van der Waals surface area contributed by atoms with E-state index in [2.05, 4.69) is 0 Å². The van der Waals surface area contributed by atoms with Crippen molar-refractivity contribution in [3.8, 4) is 0 Å². The largest absolute Gasteiger partial charge is 0.460 e. The van der Waals surface area contributed by atoms with E-state index in [9.17, 15) is 23.3 Å². The van der Waals surface area contributed by atoms with Crippen LogP contribution in [0.4, 0.5) is 5.69 Å². The minimum atomic E-state index is -4.21. The van der Waals surface area contributed by atoms with Crippen LogP contribution in [0.5, 0.6) is 0 Å². The van der Waals surface area contributed by atoms with Gasteiger partial charge in [0, 0.05) is 25.4 Å². The molecule has 0 aliphatic heterocycles. The Morgan fingerprint density at radius 2 is 1.93 bits per heavy atom. The number of carbonyl (C=O) groups excluding carboxylic acids is 1. The second kappa shape index (κ2) is 10.7. The second-order valence-electron chi connectivity index (χ2n) is 6.45. The highest BCUT2D eigenvalue weighted by Gasteiger charge is 2.32. The van der Waals surface area contributed by atoms with Crippen molar-refractivity contribution in [1.82, 2.24) is 4.31 Å². The van der Waals surface area contributed by atoms with Gasteiger partial charge in [-0.3, -0.25) is 14.9 Å². The van der Waals surface area contributed by atoms with Gasteiger partial charge in [0.25, 0.3) is 5.69 Å². The van der Waals surface area contributed by atoms with E-state index in [1.807, 2.05) is 6.92 Å². The number of hydrogen-bond acceptors (Lipinski definition) is 8. The van der Waals surface area contributed by atoms with Crippen molar-refractivity contribution in [1.29, 1.82) is 0 Å². The molecule has 0 bridgehead atoms. The average molecular weight is 435 g/mol. The molecule has 11 heteroatoms. The predicted octanol–water partition coefficient (Wildman–Crippen LogP) is 3.00. The molecule has 0 fully saturated rings. The molecule has 1 rings (SSSR count). The lowest BCUT2D eigenvalue weighted by molar-refractivity contribution is -0.387.